The third-order valence-corrected chi connectivity index (χ3v) is 5.94. The maximum atomic E-state index is 12.8. The molecule has 2 aromatic carbocycles. The number of nitrogens with one attached hydrogen (secondary N) is 2. The van der Waals surface area contributed by atoms with E-state index in [1.807, 2.05) is 0 Å². The van der Waals surface area contributed by atoms with E-state index in [9.17, 15) is 18.0 Å². The second-order valence-electron chi connectivity index (χ2n) is 7.14. The molecule has 0 bridgehead atoms. The Balaban J connectivity index is 1.79. The normalized spacial score (nSPS) is 13.4. The largest absolute Gasteiger partial charge is 0.334 e. The Hall–Kier alpha value is -2.87. The monoisotopic (exact) mass is 401 g/mol. The first-order chi connectivity index (χ1) is 13.2. The minimum atomic E-state index is -3.80. The summed E-state index contributed by atoms with van der Waals surface area (Å²) in [5, 5.41) is 2.75. The van der Waals surface area contributed by atoms with E-state index in [2.05, 4.69) is 10.0 Å². The van der Waals surface area contributed by atoms with Crippen molar-refractivity contribution in [2.24, 2.45) is 5.92 Å². The van der Waals surface area contributed by atoms with Crippen molar-refractivity contribution in [3.8, 4) is 0 Å². The molecule has 28 heavy (non-hydrogen) atoms. The molecule has 0 aliphatic carbocycles. The third kappa shape index (κ3) is 4.33. The lowest BCUT2D eigenvalue weighted by molar-refractivity contribution is -0.129. The van der Waals surface area contributed by atoms with Gasteiger partial charge in [-0.2, -0.15) is 0 Å². The number of fused-ring (bicyclic) bond motifs is 1. The van der Waals surface area contributed by atoms with Gasteiger partial charge >= 0.3 is 0 Å². The Bertz CT molecular complexity index is 1030. The molecule has 0 unspecified atom stereocenters. The van der Waals surface area contributed by atoms with Crippen molar-refractivity contribution in [1.29, 1.82) is 0 Å². The molecule has 1 aliphatic heterocycles. The summed E-state index contributed by atoms with van der Waals surface area (Å²) in [5.74, 6) is -0.367. The lowest BCUT2D eigenvalue weighted by Gasteiger charge is -2.12. The van der Waals surface area contributed by atoms with Gasteiger partial charge in [0.2, 0.25) is 11.8 Å². The molecule has 2 N–H and O–H groups in total. The number of hydrogen-bond acceptors (Lipinski definition) is 4. The molecule has 8 heteroatoms. The third-order valence-electron chi connectivity index (χ3n) is 4.56. The Kier molecular flexibility index (Phi) is 5.42. The Morgan fingerprint density at radius 3 is 2.36 bits per heavy atom. The zero-order chi connectivity index (χ0) is 20.5. The highest BCUT2D eigenvalue weighted by Crippen LogP contribution is 2.27. The summed E-state index contributed by atoms with van der Waals surface area (Å²) in [4.78, 5) is 25.2. The van der Waals surface area contributed by atoms with Crippen LogP contribution in [-0.2, 0) is 32.7 Å². The summed E-state index contributed by atoms with van der Waals surface area (Å²) in [7, 11) is -3.80. The molecule has 2 aromatic rings. The molecule has 7 nitrogen and oxygen atoms in total. The van der Waals surface area contributed by atoms with Crippen LogP contribution in [0.15, 0.2) is 47.4 Å². The number of rotatable bonds is 5. The van der Waals surface area contributed by atoms with Crippen LogP contribution in [0.3, 0.4) is 0 Å². The molecule has 1 aliphatic rings. The van der Waals surface area contributed by atoms with Crippen LogP contribution in [0.1, 0.15) is 31.9 Å². The van der Waals surface area contributed by atoms with Gasteiger partial charge < -0.3 is 10.2 Å². The first-order valence-corrected chi connectivity index (χ1v) is 10.4. The van der Waals surface area contributed by atoms with Crippen LogP contribution >= 0.6 is 0 Å². The maximum absolute atomic E-state index is 12.8. The average Bonchev–Trinajstić information content (AvgIpc) is 3.05. The van der Waals surface area contributed by atoms with Gasteiger partial charge in [0.25, 0.3) is 10.0 Å². The summed E-state index contributed by atoms with van der Waals surface area (Å²) in [6, 6.07) is 11.4. The number of sulfonamides is 1. The molecule has 0 saturated carbocycles. The van der Waals surface area contributed by atoms with Crippen molar-refractivity contribution in [1.82, 2.24) is 4.90 Å². The molecule has 0 radical (unpaired) electrons. The molecular formula is C20H23N3O4S. The number of anilines is 2. The second kappa shape index (κ2) is 7.63. The number of nitrogens with zero attached hydrogens (tertiary/aromatic N) is 1. The standard InChI is InChI=1S/C20H23N3O4S/c1-13(2)20(25)21-17-5-4-6-18(10-17)22-28(26,27)19-8-7-15-11-23(14(3)24)12-16(15)9-19/h4-10,13,22H,11-12H2,1-3H3,(H,21,25). The first kappa shape index (κ1) is 19.9. The summed E-state index contributed by atoms with van der Waals surface area (Å²) in [6.07, 6.45) is 0. The quantitative estimate of drug-likeness (QED) is 0.805. The average molecular weight is 401 g/mol. The van der Waals surface area contributed by atoms with Crippen molar-refractivity contribution < 1.29 is 18.0 Å². The number of benzene rings is 2. The van der Waals surface area contributed by atoms with Crippen molar-refractivity contribution in [3.63, 3.8) is 0 Å². The lowest BCUT2D eigenvalue weighted by atomic mass is 10.1. The number of carbonyl (C=O) groups is 2. The summed E-state index contributed by atoms with van der Waals surface area (Å²) < 4.78 is 28.1. The van der Waals surface area contributed by atoms with Crippen LogP contribution in [-0.4, -0.2) is 25.1 Å². The summed E-state index contributed by atoms with van der Waals surface area (Å²) >= 11 is 0. The van der Waals surface area contributed by atoms with Crippen molar-refractivity contribution in [2.45, 2.75) is 38.8 Å². The van der Waals surface area contributed by atoms with E-state index in [0.717, 1.165) is 11.1 Å². The zero-order valence-electron chi connectivity index (χ0n) is 16.0. The fraction of sp³-hybridized carbons (Fsp3) is 0.300. The summed E-state index contributed by atoms with van der Waals surface area (Å²) in [5.41, 5.74) is 2.65. The molecule has 148 valence electrons. The number of carbonyl (C=O) groups excluding carboxylic acids is 2. The van der Waals surface area contributed by atoms with Gasteiger partial charge in [0.1, 0.15) is 0 Å². The van der Waals surface area contributed by atoms with E-state index < -0.39 is 10.0 Å². The number of amides is 2. The highest BCUT2D eigenvalue weighted by atomic mass is 32.2. The van der Waals surface area contributed by atoms with Gasteiger partial charge in [-0.25, -0.2) is 8.42 Å². The Morgan fingerprint density at radius 1 is 1.00 bits per heavy atom. The fourth-order valence-corrected chi connectivity index (χ4v) is 4.02. The second-order valence-corrected chi connectivity index (χ2v) is 8.82. The molecule has 0 spiro atoms. The summed E-state index contributed by atoms with van der Waals surface area (Å²) in [6.45, 7) is 5.96. The Labute approximate surface area is 164 Å². The van der Waals surface area contributed by atoms with Gasteiger partial charge in [-0.05, 0) is 41.5 Å². The molecule has 0 atom stereocenters. The minimum absolute atomic E-state index is 0.0426. The van der Waals surface area contributed by atoms with E-state index in [-0.39, 0.29) is 22.6 Å². The lowest BCUT2D eigenvalue weighted by Crippen LogP contribution is -2.21. The smallest absolute Gasteiger partial charge is 0.261 e. The van der Waals surface area contributed by atoms with Crippen LogP contribution < -0.4 is 10.0 Å². The fourth-order valence-electron chi connectivity index (χ4n) is 2.92. The van der Waals surface area contributed by atoms with Gasteiger partial charge in [0, 0.05) is 31.6 Å². The van der Waals surface area contributed by atoms with Crippen molar-refractivity contribution in [2.75, 3.05) is 10.0 Å². The molecule has 0 aromatic heterocycles. The van der Waals surface area contributed by atoms with Gasteiger partial charge in [-0.1, -0.05) is 26.0 Å². The number of hydrogen-bond donors (Lipinski definition) is 2. The van der Waals surface area contributed by atoms with Crippen LogP contribution in [0.25, 0.3) is 0 Å². The van der Waals surface area contributed by atoms with E-state index in [1.165, 1.54) is 13.0 Å². The SMILES string of the molecule is CC(=O)N1Cc2ccc(S(=O)(=O)Nc3cccc(NC(=O)C(C)C)c3)cc2C1. The molecule has 2 amide bonds. The van der Waals surface area contributed by atoms with Crippen LogP contribution in [0.2, 0.25) is 0 Å². The van der Waals surface area contributed by atoms with Crippen LogP contribution in [0, 0.1) is 5.92 Å². The Morgan fingerprint density at radius 2 is 1.68 bits per heavy atom. The zero-order valence-corrected chi connectivity index (χ0v) is 16.8. The molecule has 0 saturated heterocycles. The van der Waals surface area contributed by atoms with Crippen LogP contribution in [0.4, 0.5) is 11.4 Å². The van der Waals surface area contributed by atoms with E-state index >= 15 is 0 Å². The molecule has 0 fully saturated rings. The van der Waals surface area contributed by atoms with Gasteiger partial charge in [-0.3, -0.25) is 14.3 Å². The van der Waals surface area contributed by atoms with E-state index in [4.69, 9.17) is 0 Å². The minimum Gasteiger partial charge on any atom is -0.334 e. The van der Waals surface area contributed by atoms with Crippen molar-refractivity contribution >= 4 is 33.2 Å². The van der Waals surface area contributed by atoms with Gasteiger partial charge in [-0.15, -0.1) is 0 Å². The molecule has 1 heterocycles. The molecular weight excluding hydrogens is 378 g/mol. The van der Waals surface area contributed by atoms with Gasteiger partial charge in [0.15, 0.2) is 0 Å². The van der Waals surface area contributed by atoms with Crippen molar-refractivity contribution in [3.05, 3.63) is 53.6 Å². The molecule has 3 rings (SSSR count). The first-order valence-electron chi connectivity index (χ1n) is 8.97. The highest BCUT2D eigenvalue weighted by molar-refractivity contribution is 7.92. The van der Waals surface area contributed by atoms with E-state index in [1.54, 1.807) is 55.1 Å². The predicted molar refractivity (Wildman–Crippen MR) is 107 cm³/mol. The van der Waals surface area contributed by atoms with Crippen LogP contribution in [0.5, 0.6) is 0 Å². The van der Waals surface area contributed by atoms with E-state index in [0.29, 0.717) is 24.5 Å². The maximum Gasteiger partial charge on any atom is 0.261 e. The van der Waals surface area contributed by atoms with Gasteiger partial charge in [0.05, 0.1) is 10.6 Å². The topological polar surface area (TPSA) is 95.6 Å². The highest BCUT2D eigenvalue weighted by Gasteiger charge is 2.24. The predicted octanol–water partition coefficient (Wildman–Crippen LogP) is 2.94.